The Labute approximate surface area is 196 Å². The van der Waals surface area contributed by atoms with Crippen molar-refractivity contribution >= 4 is 0 Å². The Bertz CT molecular complexity index is 671. The first kappa shape index (κ1) is 26.4. The normalized spacial score (nSPS) is 51.0. The molecule has 3 N–H and O–H groups in total. The molecule has 6 nitrogen and oxygen atoms in total. The van der Waals surface area contributed by atoms with Crippen molar-refractivity contribution in [3.05, 3.63) is 0 Å². The molecule has 3 saturated heterocycles. The van der Waals surface area contributed by atoms with Crippen molar-refractivity contribution in [1.29, 1.82) is 0 Å². The van der Waals surface area contributed by atoms with Gasteiger partial charge in [-0.2, -0.15) is 15.2 Å². The van der Waals surface area contributed by atoms with Crippen molar-refractivity contribution in [1.82, 2.24) is 15.2 Å². The third kappa shape index (κ3) is 3.51. The van der Waals surface area contributed by atoms with Crippen molar-refractivity contribution in [2.75, 3.05) is 0 Å². The van der Waals surface area contributed by atoms with Gasteiger partial charge in [0.2, 0.25) is 0 Å². The lowest BCUT2D eigenvalue weighted by molar-refractivity contribution is -0.384. The van der Waals surface area contributed by atoms with E-state index in [1.807, 2.05) is 0 Å². The summed E-state index contributed by atoms with van der Waals surface area (Å²) >= 11 is 0. The van der Waals surface area contributed by atoms with Gasteiger partial charge in [0.25, 0.3) is 0 Å². The molecule has 0 saturated carbocycles. The summed E-state index contributed by atoms with van der Waals surface area (Å²) in [6, 6.07) is 0. The third-order valence-electron chi connectivity index (χ3n) is 10.0. The molecule has 0 aromatic rings. The molecule has 0 aromatic heterocycles. The van der Waals surface area contributed by atoms with Crippen LogP contribution in [0, 0.1) is 17.8 Å². The van der Waals surface area contributed by atoms with Crippen LogP contribution in [0.1, 0.15) is 115 Å². The summed E-state index contributed by atoms with van der Waals surface area (Å²) in [6.45, 7) is 23.7. The molecule has 3 rings (SSSR count). The minimum Gasteiger partial charge on any atom is -0.313 e. The largest absolute Gasteiger partial charge is 0.313 e. The van der Waals surface area contributed by atoms with Gasteiger partial charge in [-0.1, -0.05) is 20.8 Å². The fourth-order valence-corrected chi connectivity index (χ4v) is 8.83. The molecular weight excluding hydrogens is 402 g/mol. The summed E-state index contributed by atoms with van der Waals surface area (Å²) in [6.07, 6.45) is 5.03. The zero-order valence-corrected chi connectivity index (χ0v) is 22.7. The maximum Gasteiger partial charge on any atom is 0.0645 e. The average Bonchev–Trinajstić information content (AvgIpc) is 2.61. The van der Waals surface area contributed by atoms with E-state index in [4.69, 9.17) is 0 Å². The number of piperidine rings is 3. The van der Waals surface area contributed by atoms with Gasteiger partial charge in [-0.3, -0.25) is 0 Å². The zero-order valence-electron chi connectivity index (χ0n) is 22.7. The summed E-state index contributed by atoms with van der Waals surface area (Å²) < 4.78 is 0. The van der Waals surface area contributed by atoms with Crippen LogP contribution in [0.15, 0.2) is 0 Å². The van der Waals surface area contributed by atoms with E-state index >= 15 is 0 Å². The first-order valence-corrected chi connectivity index (χ1v) is 12.7. The van der Waals surface area contributed by atoms with E-state index in [9.17, 15) is 15.6 Å². The molecule has 6 atom stereocenters. The van der Waals surface area contributed by atoms with Crippen LogP contribution in [0.5, 0.6) is 0 Å². The molecule has 0 amide bonds. The molecule has 6 unspecified atom stereocenters. The summed E-state index contributed by atoms with van der Waals surface area (Å²) in [5.74, 6) is 1.21. The quantitative estimate of drug-likeness (QED) is 0.480. The van der Waals surface area contributed by atoms with Crippen molar-refractivity contribution in [2.24, 2.45) is 17.8 Å². The first-order chi connectivity index (χ1) is 14.3. The molecular formula is C26H51N3O3. The Morgan fingerprint density at radius 3 is 0.938 bits per heavy atom. The second-order valence-electron chi connectivity index (χ2n) is 14.2. The van der Waals surface area contributed by atoms with Crippen molar-refractivity contribution in [2.45, 2.75) is 148 Å². The van der Waals surface area contributed by atoms with Crippen molar-refractivity contribution < 1.29 is 15.6 Å². The van der Waals surface area contributed by atoms with E-state index in [1.54, 1.807) is 15.2 Å². The Kier molecular flexibility index (Phi) is 6.29. The maximum atomic E-state index is 12.2. The van der Waals surface area contributed by atoms with Gasteiger partial charge in [-0.05, 0) is 112 Å². The molecule has 3 aliphatic rings. The Morgan fingerprint density at radius 2 is 0.656 bits per heavy atom. The van der Waals surface area contributed by atoms with E-state index in [0.29, 0.717) is 17.8 Å². The molecule has 0 spiro atoms. The predicted octanol–water partition coefficient (Wildman–Crippen LogP) is 5.94. The molecule has 0 aromatic carbocycles. The Hall–Kier alpha value is -0.240. The SMILES string of the molecule is CC1CC(C)(C)N(O)C(C)(C2(C)CC(C)CC(C)(C3(C)CC(C)CC(C)(C)N3O)N2O)C1. The molecule has 3 fully saturated rings. The molecule has 0 bridgehead atoms. The lowest BCUT2D eigenvalue weighted by atomic mass is 9.56. The van der Waals surface area contributed by atoms with E-state index in [-0.39, 0.29) is 11.1 Å². The topological polar surface area (TPSA) is 70.4 Å². The van der Waals surface area contributed by atoms with Gasteiger partial charge in [0.05, 0.1) is 22.2 Å². The van der Waals surface area contributed by atoms with Gasteiger partial charge in [-0.25, -0.2) is 0 Å². The highest BCUT2D eigenvalue weighted by molar-refractivity contribution is 5.20. The highest BCUT2D eigenvalue weighted by atomic mass is 16.5. The minimum absolute atomic E-state index is 0.338. The lowest BCUT2D eigenvalue weighted by Gasteiger charge is -2.70. The number of hydrogen-bond acceptors (Lipinski definition) is 6. The second kappa shape index (κ2) is 7.63. The zero-order chi connectivity index (χ0) is 24.7. The fourth-order valence-electron chi connectivity index (χ4n) is 8.83. The van der Waals surface area contributed by atoms with Crippen LogP contribution in [0.2, 0.25) is 0 Å². The molecule has 0 aliphatic carbocycles. The number of rotatable bonds is 2. The average molecular weight is 454 g/mol. The summed E-state index contributed by atoms with van der Waals surface area (Å²) in [5.41, 5.74) is -3.39. The summed E-state index contributed by atoms with van der Waals surface area (Å²) in [7, 11) is 0. The van der Waals surface area contributed by atoms with Crippen LogP contribution in [-0.4, -0.2) is 64.0 Å². The van der Waals surface area contributed by atoms with Crippen LogP contribution in [0.25, 0.3) is 0 Å². The maximum absolute atomic E-state index is 12.2. The first-order valence-electron chi connectivity index (χ1n) is 12.7. The Balaban J connectivity index is 2.13. The van der Waals surface area contributed by atoms with Gasteiger partial charge >= 0.3 is 0 Å². The monoisotopic (exact) mass is 453 g/mol. The van der Waals surface area contributed by atoms with Gasteiger partial charge in [0.15, 0.2) is 0 Å². The van der Waals surface area contributed by atoms with Crippen LogP contribution >= 0.6 is 0 Å². The molecule has 3 heterocycles. The lowest BCUT2D eigenvalue weighted by Crippen LogP contribution is -2.82. The number of hydroxylamine groups is 6. The highest BCUT2D eigenvalue weighted by Gasteiger charge is 2.68. The minimum atomic E-state index is -0.686. The Morgan fingerprint density at radius 1 is 0.438 bits per heavy atom. The molecule has 6 heteroatoms. The highest BCUT2D eigenvalue weighted by Crippen LogP contribution is 2.58. The molecule has 3 aliphatic heterocycles. The van der Waals surface area contributed by atoms with E-state index in [2.05, 4.69) is 76.2 Å². The van der Waals surface area contributed by atoms with Gasteiger partial charge in [-0.15, -0.1) is 0 Å². The van der Waals surface area contributed by atoms with Crippen LogP contribution in [0.4, 0.5) is 0 Å². The standard InChI is InChI=1S/C26H51N3O3/c1-18-12-21(4,5)27(30)23(8,14-18)25(10)16-20(3)17-26(11,29(25)32)24(9)15-19(2)13-22(6,7)28(24)31/h18-20,30-32H,12-17H2,1-11H3. The predicted molar refractivity (Wildman–Crippen MR) is 128 cm³/mol. The van der Waals surface area contributed by atoms with E-state index < -0.39 is 22.2 Å². The van der Waals surface area contributed by atoms with E-state index in [1.165, 1.54) is 0 Å². The van der Waals surface area contributed by atoms with E-state index in [0.717, 1.165) is 38.5 Å². The summed E-state index contributed by atoms with van der Waals surface area (Å²) in [5, 5.41) is 40.0. The molecule has 188 valence electrons. The van der Waals surface area contributed by atoms with Crippen molar-refractivity contribution in [3.63, 3.8) is 0 Å². The fraction of sp³-hybridized carbons (Fsp3) is 1.00. The van der Waals surface area contributed by atoms with Crippen molar-refractivity contribution in [3.8, 4) is 0 Å². The van der Waals surface area contributed by atoms with Crippen LogP contribution in [-0.2, 0) is 0 Å². The van der Waals surface area contributed by atoms with Crippen LogP contribution in [0.3, 0.4) is 0 Å². The number of nitrogens with zero attached hydrogens (tertiary/aromatic N) is 3. The van der Waals surface area contributed by atoms with Gasteiger partial charge in [0.1, 0.15) is 0 Å². The van der Waals surface area contributed by atoms with Gasteiger partial charge in [0, 0.05) is 11.1 Å². The summed E-state index contributed by atoms with van der Waals surface area (Å²) in [4.78, 5) is 0. The molecule has 0 radical (unpaired) electrons. The smallest absolute Gasteiger partial charge is 0.0645 e. The third-order valence-corrected chi connectivity index (χ3v) is 10.0. The number of hydrogen-bond donors (Lipinski definition) is 3. The second-order valence-corrected chi connectivity index (χ2v) is 14.2. The molecule has 32 heavy (non-hydrogen) atoms. The van der Waals surface area contributed by atoms with Crippen LogP contribution < -0.4 is 0 Å². The van der Waals surface area contributed by atoms with Gasteiger partial charge < -0.3 is 15.6 Å².